The zero-order valence-corrected chi connectivity index (χ0v) is 13.4. The van der Waals surface area contributed by atoms with Crippen LogP contribution < -0.4 is 5.32 Å². The Morgan fingerprint density at radius 3 is 2.32 bits per heavy atom. The van der Waals surface area contributed by atoms with Gasteiger partial charge in [-0.1, -0.05) is 12.8 Å². The molecule has 0 unspecified atom stereocenters. The molecule has 0 aromatic heterocycles. The summed E-state index contributed by atoms with van der Waals surface area (Å²) in [7, 11) is 2.23. The van der Waals surface area contributed by atoms with Crippen LogP contribution >= 0.6 is 0 Å². The van der Waals surface area contributed by atoms with E-state index >= 15 is 0 Å². The van der Waals surface area contributed by atoms with Crippen molar-refractivity contribution in [1.82, 2.24) is 10.2 Å². The maximum Gasteiger partial charge on any atom is 0.00674 e. The van der Waals surface area contributed by atoms with Crippen molar-refractivity contribution < 1.29 is 0 Å². The molecule has 112 valence electrons. The predicted molar refractivity (Wildman–Crippen MR) is 83.5 cm³/mol. The van der Waals surface area contributed by atoms with Crippen LogP contribution in [-0.2, 0) is 0 Å². The summed E-state index contributed by atoms with van der Waals surface area (Å²) in [5, 5.41) is 3.80. The summed E-state index contributed by atoms with van der Waals surface area (Å²) in [6.45, 7) is 6.97. The smallest absolute Gasteiger partial charge is 0.00674 e. The molecule has 2 heteroatoms. The minimum absolute atomic E-state index is 0.678. The Morgan fingerprint density at radius 1 is 1.11 bits per heavy atom. The Balaban J connectivity index is 1.56. The first-order chi connectivity index (χ1) is 9.11. The zero-order chi connectivity index (χ0) is 13.7. The molecule has 1 N–H and O–H groups in total. The molecule has 0 aromatic carbocycles. The van der Waals surface area contributed by atoms with Gasteiger partial charge in [-0.3, -0.25) is 0 Å². The van der Waals surface area contributed by atoms with E-state index in [2.05, 4.69) is 31.1 Å². The molecule has 0 aromatic rings. The van der Waals surface area contributed by atoms with Gasteiger partial charge in [0.15, 0.2) is 0 Å². The van der Waals surface area contributed by atoms with Gasteiger partial charge in [0, 0.05) is 12.1 Å². The largest absolute Gasteiger partial charge is 0.314 e. The highest BCUT2D eigenvalue weighted by molar-refractivity contribution is 4.91. The zero-order valence-electron chi connectivity index (χ0n) is 13.4. The van der Waals surface area contributed by atoms with E-state index in [1.807, 2.05) is 0 Å². The van der Waals surface area contributed by atoms with Crippen LogP contribution in [0.15, 0.2) is 0 Å². The van der Waals surface area contributed by atoms with E-state index in [-0.39, 0.29) is 0 Å². The monoisotopic (exact) mass is 266 g/mol. The maximum absolute atomic E-state index is 3.80. The highest BCUT2D eigenvalue weighted by atomic mass is 15.1. The first-order valence-corrected chi connectivity index (χ1v) is 8.55. The molecule has 1 spiro atoms. The second-order valence-corrected chi connectivity index (χ2v) is 7.36. The van der Waals surface area contributed by atoms with E-state index in [9.17, 15) is 0 Å². The van der Waals surface area contributed by atoms with Crippen molar-refractivity contribution in [3.05, 3.63) is 0 Å². The van der Waals surface area contributed by atoms with Crippen molar-refractivity contribution >= 4 is 0 Å². The molecule has 2 fully saturated rings. The molecule has 0 amide bonds. The maximum atomic E-state index is 3.80. The van der Waals surface area contributed by atoms with Gasteiger partial charge in [0.2, 0.25) is 0 Å². The third-order valence-corrected chi connectivity index (χ3v) is 5.71. The van der Waals surface area contributed by atoms with Crippen LogP contribution in [0.3, 0.4) is 0 Å². The molecule has 2 aliphatic carbocycles. The Morgan fingerprint density at radius 2 is 1.74 bits per heavy atom. The lowest BCUT2D eigenvalue weighted by molar-refractivity contribution is 0.167. The lowest BCUT2D eigenvalue weighted by Gasteiger charge is -2.37. The van der Waals surface area contributed by atoms with Crippen molar-refractivity contribution in [2.45, 2.75) is 83.7 Å². The molecule has 0 radical (unpaired) electrons. The fourth-order valence-corrected chi connectivity index (χ4v) is 3.95. The van der Waals surface area contributed by atoms with E-state index < -0.39 is 0 Å². The average molecular weight is 266 g/mol. The Bertz CT molecular complexity index is 246. The molecular formula is C17H34N2. The van der Waals surface area contributed by atoms with Crippen LogP contribution in [0.1, 0.15) is 71.6 Å². The highest BCUT2D eigenvalue weighted by Crippen LogP contribution is 2.48. The van der Waals surface area contributed by atoms with Gasteiger partial charge in [-0.15, -0.1) is 0 Å². The SMILES string of the molecule is CC(C)N(C)CCCNC1CCC2(CCCC2)CC1. The molecule has 0 heterocycles. The predicted octanol–water partition coefficient (Wildman–Crippen LogP) is 3.81. The summed E-state index contributed by atoms with van der Waals surface area (Å²) in [4.78, 5) is 2.44. The highest BCUT2D eigenvalue weighted by Gasteiger charge is 2.37. The second-order valence-electron chi connectivity index (χ2n) is 7.36. The van der Waals surface area contributed by atoms with E-state index in [1.54, 1.807) is 0 Å². The molecule has 19 heavy (non-hydrogen) atoms. The Kier molecular flexibility index (Phi) is 5.70. The van der Waals surface area contributed by atoms with E-state index in [4.69, 9.17) is 0 Å². The Hall–Kier alpha value is -0.0800. The van der Waals surface area contributed by atoms with Crippen molar-refractivity contribution in [3.8, 4) is 0 Å². The van der Waals surface area contributed by atoms with Crippen molar-refractivity contribution in [1.29, 1.82) is 0 Å². The third-order valence-electron chi connectivity index (χ3n) is 5.71. The summed E-state index contributed by atoms with van der Waals surface area (Å²) in [6.07, 6.45) is 13.2. The summed E-state index contributed by atoms with van der Waals surface area (Å²) in [5.74, 6) is 0. The van der Waals surface area contributed by atoms with E-state index in [0.29, 0.717) is 6.04 Å². The first kappa shape index (κ1) is 15.3. The van der Waals surface area contributed by atoms with Gasteiger partial charge in [0.25, 0.3) is 0 Å². The van der Waals surface area contributed by atoms with E-state index in [1.165, 1.54) is 70.9 Å². The van der Waals surface area contributed by atoms with Crippen LogP contribution in [0.4, 0.5) is 0 Å². The van der Waals surface area contributed by atoms with Gasteiger partial charge in [-0.25, -0.2) is 0 Å². The normalized spacial score (nSPS) is 23.8. The second kappa shape index (κ2) is 7.08. The quantitative estimate of drug-likeness (QED) is 0.736. The van der Waals surface area contributed by atoms with Gasteiger partial charge < -0.3 is 10.2 Å². The molecule has 2 nitrogen and oxygen atoms in total. The Labute approximate surface area is 120 Å². The van der Waals surface area contributed by atoms with E-state index in [0.717, 1.165) is 11.5 Å². The molecule has 0 aliphatic heterocycles. The molecular weight excluding hydrogens is 232 g/mol. The molecule has 0 saturated heterocycles. The molecule has 2 rings (SSSR count). The molecule has 0 bridgehead atoms. The topological polar surface area (TPSA) is 15.3 Å². The van der Waals surface area contributed by atoms with Crippen LogP contribution in [0.2, 0.25) is 0 Å². The van der Waals surface area contributed by atoms with Crippen LogP contribution in [0, 0.1) is 5.41 Å². The standard InChI is InChI=1S/C17H34N2/c1-15(2)19(3)14-6-13-18-16-7-11-17(12-8-16)9-4-5-10-17/h15-16,18H,4-14H2,1-3H3. The molecule has 2 saturated carbocycles. The minimum Gasteiger partial charge on any atom is -0.314 e. The van der Waals surface area contributed by atoms with Gasteiger partial charge in [-0.05, 0) is 84.3 Å². The van der Waals surface area contributed by atoms with Crippen molar-refractivity contribution in [2.75, 3.05) is 20.1 Å². The summed E-state index contributed by atoms with van der Waals surface area (Å²) in [5.41, 5.74) is 0.788. The van der Waals surface area contributed by atoms with Crippen LogP contribution in [-0.4, -0.2) is 37.1 Å². The number of nitrogens with one attached hydrogen (secondary N) is 1. The number of hydrogen-bond acceptors (Lipinski definition) is 2. The van der Waals surface area contributed by atoms with Crippen molar-refractivity contribution in [2.24, 2.45) is 5.41 Å². The van der Waals surface area contributed by atoms with Gasteiger partial charge in [0.1, 0.15) is 0 Å². The number of hydrogen-bond donors (Lipinski definition) is 1. The number of nitrogens with zero attached hydrogens (tertiary/aromatic N) is 1. The van der Waals surface area contributed by atoms with Gasteiger partial charge in [-0.2, -0.15) is 0 Å². The average Bonchev–Trinajstić information content (AvgIpc) is 2.85. The fraction of sp³-hybridized carbons (Fsp3) is 1.00. The van der Waals surface area contributed by atoms with Gasteiger partial charge in [0.05, 0.1) is 0 Å². The first-order valence-electron chi connectivity index (χ1n) is 8.55. The summed E-state index contributed by atoms with van der Waals surface area (Å²) in [6, 6.07) is 1.49. The number of rotatable bonds is 6. The molecule has 2 aliphatic rings. The lowest BCUT2D eigenvalue weighted by Crippen LogP contribution is -2.38. The van der Waals surface area contributed by atoms with Gasteiger partial charge >= 0.3 is 0 Å². The lowest BCUT2D eigenvalue weighted by atomic mass is 9.71. The summed E-state index contributed by atoms with van der Waals surface area (Å²) < 4.78 is 0. The van der Waals surface area contributed by atoms with Crippen LogP contribution in [0.5, 0.6) is 0 Å². The minimum atomic E-state index is 0.678. The fourth-order valence-electron chi connectivity index (χ4n) is 3.95. The summed E-state index contributed by atoms with van der Waals surface area (Å²) >= 11 is 0. The van der Waals surface area contributed by atoms with Crippen LogP contribution in [0.25, 0.3) is 0 Å². The third kappa shape index (κ3) is 4.46. The molecule has 0 atom stereocenters. The van der Waals surface area contributed by atoms with Crippen molar-refractivity contribution in [3.63, 3.8) is 0 Å².